The van der Waals surface area contributed by atoms with Crippen LogP contribution < -0.4 is 0 Å². The van der Waals surface area contributed by atoms with Gasteiger partial charge in [-0.25, -0.2) is 9.97 Å². The highest BCUT2D eigenvalue weighted by Crippen LogP contribution is 2.33. The lowest BCUT2D eigenvalue weighted by molar-refractivity contribution is 0.950. The zero-order valence-corrected chi connectivity index (χ0v) is 21.3. The molecule has 0 amide bonds. The summed E-state index contributed by atoms with van der Waals surface area (Å²) in [6, 6.07) is 14.8. The van der Waals surface area contributed by atoms with E-state index in [2.05, 4.69) is 86.4 Å². The number of nitrogens with zero attached hydrogens (tertiary/aromatic N) is 4. The molecule has 0 bridgehead atoms. The van der Waals surface area contributed by atoms with E-state index in [1.165, 1.54) is 11.1 Å². The third-order valence-corrected chi connectivity index (χ3v) is 6.83. The quantitative estimate of drug-likeness (QED) is 0.228. The lowest BCUT2D eigenvalue weighted by Crippen LogP contribution is -1.93. The van der Waals surface area contributed by atoms with Crippen LogP contribution in [0.5, 0.6) is 0 Å². The van der Waals surface area contributed by atoms with Crippen LogP contribution >= 0.6 is 0 Å². The van der Waals surface area contributed by atoms with Gasteiger partial charge in [-0.2, -0.15) is 5.10 Å². The van der Waals surface area contributed by atoms with E-state index in [1.54, 1.807) is 6.08 Å². The number of fused-ring (bicyclic) bond motifs is 1. The SMILES string of the molecule is C=C/C=C(/C1=CCC=C1)c1nc(-c2[nH]nc3ncc(-c4cncc(CCc5ccccc5)c4)cc23)[nH]c1C. The Morgan fingerprint density at radius 2 is 1.87 bits per heavy atom. The second kappa shape index (κ2) is 10.3. The number of hydrogen-bond acceptors (Lipinski definition) is 4. The number of H-pyrrole nitrogens is 2. The lowest BCUT2D eigenvalue weighted by atomic mass is 10.0. The van der Waals surface area contributed by atoms with Gasteiger partial charge in [-0.05, 0) is 55.0 Å². The summed E-state index contributed by atoms with van der Waals surface area (Å²) in [6.07, 6.45) is 18.8. The maximum atomic E-state index is 4.98. The number of aryl methyl sites for hydroxylation is 3. The van der Waals surface area contributed by atoms with Gasteiger partial charge in [0.15, 0.2) is 11.5 Å². The average molecular weight is 497 g/mol. The van der Waals surface area contributed by atoms with Crippen LogP contribution in [-0.2, 0) is 12.8 Å². The highest BCUT2D eigenvalue weighted by atomic mass is 15.2. The van der Waals surface area contributed by atoms with Gasteiger partial charge in [0.2, 0.25) is 0 Å². The highest BCUT2D eigenvalue weighted by Gasteiger charge is 2.19. The first-order valence-electron chi connectivity index (χ1n) is 12.8. The smallest absolute Gasteiger partial charge is 0.181 e. The van der Waals surface area contributed by atoms with Crippen molar-refractivity contribution in [3.63, 3.8) is 0 Å². The summed E-state index contributed by atoms with van der Waals surface area (Å²) in [7, 11) is 0. The summed E-state index contributed by atoms with van der Waals surface area (Å²) in [5, 5.41) is 8.50. The number of pyridine rings is 2. The number of benzene rings is 1. The van der Waals surface area contributed by atoms with Gasteiger partial charge in [-0.15, -0.1) is 0 Å². The maximum Gasteiger partial charge on any atom is 0.181 e. The van der Waals surface area contributed by atoms with E-state index < -0.39 is 0 Å². The molecule has 0 atom stereocenters. The van der Waals surface area contributed by atoms with Crippen LogP contribution in [0.25, 0.3) is 39.3 Å². The largest absolute Gasteiger partial charge is 0.340 e. The first-order valence-corrected chi connectivity index (χ1v) is 12.8. The van der Waals surface area contributed by atoms with Gasteiger partial charge < -0.3 is 4.98 Å². The van der Waals surface area contributed by atoms with E-state index in [0.29, 0.717) is 5.65 Å². The maximum absolute atomic E-state index is 4.98. The normalized spacial score (nSPS) is 13.3. The summed E-state index contributed by atoms with van der Waals surface area (Å²) in [4.78, 5) is 17.6. The Hall–Kier alpha value is -4.84. The zero-order chi connectivity index (χ0) is 25.9. The third-order valence-electron chi connectivity index (χ3n) is 6.83. The van der Waals surface area contributed by atoms with E-state index in [0.717, 1.165) is 69.8 Å². The molecule has 6 heteroatoms. The van der Waals surface area contributed by atoms with Crippen molar-refractivity contribution >= 4 is 16.6 Å². The molecule has 4 aromatic heterocycles. The number of hydrogen-bond donors (Lipinski definition) is 2. The molecular formula is C32H28N6. The Labute approximate surface area is 221 Å². The molecule has 0 saturated carbocycles. The number of rotatable bonds is 8. The molecule has 186 valence electrons. The molecule has 4 heterocycles. The molecule has 1 aromatic carbocycles. The van der Waals surface area contributed by atoms with Crippen molar-refractivity contribution in [1.29, 1.82) is 0 Å². The Morgan fingerprint density at radius 1 is 1.03 bits per heavy atom. The fourth-order valence-electron chi connectivity index (χ4n) is 4.88. The van der Waals surface area contributed by atoms with Gasteiger partial charge in [0, 0.05) is 41.0 Å². The fraction of sp³-hybridized carbons (Fsp3) is 0.125. The Balaban J connectivity index is 1.32. The molecule has 2 N–H and O–H groups in total. The minimum Gasteiger partial charge on any atom is -0.340 e. The summed E-state index contributed by atoms with van der Waals surface area (Å²) in [6.45, 7) is 5.94. The first kappa shape index (κ1) is 23.6. The molecule has 0 radical (unpaired) electrons. The van der Waals surface area contributed by atoms with Crippen molar-refractivity contribution in [2.75, 3.05) is 0 Å². The molecule has 6 nitrogen and oxygen atoms in total. The number of allylic oxidation sites excluding steroid dienone is 7. The Bertz CT molecular complexity index is 1720. The molecule has 1 aliphatic carbocycles. The molecule has 6 rings (SSSR count). The molecular weight excluding hydrogens is 468 g/mol. The van der Waals surface area contributed by atoms with Gasteiger partial charge in [-0.3, -0.25) is 10.1 Å². The monoisotopic (exact) mass is 496 g/mol. The van der Waals surface area contributed by atoms with E-state index >= 15 is 0 Å². The van der Waals surface area contributed by atoms with Crippen molar-refractivity contribution in [3.05, 3.63) is 126 Å². The zero-order valence-electron chi connectivity index (χ0n) is 21.3. The predicted octanol–water partition coefficient (Wildman–Crippen LogP) is 6.96. The Kier molecular flexibility index (Phi) is 6.36. The first-order chi connectivity index (χ1) is 18.7. The highest BCUT2D eigenvalue weighted by molar-refractivity contribution is 5.92. The van der Waals surface area contributed by atoms with Gasteiger partial charge in [0.25, 0.3) is 0 Å². The van der Waals surface area contributed by atoms with Crippen LogP contribution in [0.4, 0.5) is 0 Å². The van der Waals surface area contributed by atoms with Crippen LogP contribution in [0, 0.1) is 6.92 Å². The van der Waals surface area contributed by atoms with Gasteiger partial charge in [0.05, 0.1) is 11.1 Å². The topological polar surface area (TPSA) is 83.1 Å². The summed E-state index contributed by atoms with van der Waals surface area (Å²) in [5.41, 5.74) is 10.1. The van der Waals surface area contributed by atoms with Gasteiger partial charge >= 0.3 is 0 Å². The average Bonchev–Trinajstić information content (AvgIpc) is 3.71. The molecule has 0 fully saturated rings. The molecule has 0 spiro atoms. The third kappa shape index (κ3) is 4.64. The fourth-order valence-corrected chi connectivity index (χ4v) is 4.88. The molecule has 0 saturated heterocycles. The number of aromatic amines is 2. The van der Waals surface area contributed by atoms with Crippen molar-refractivity contribution < 1.29 is 0 Å². The number of imidazole rings is 1. The van der Waals surface area contributed by atoms with Crippen molar-refractivity contribution in [2.45, 2.75) is 26.2 Å². The minimum absolute atomic E-state index is 0.649. The molecule has 1 aliphatic rings. The van der Waals surface area contributed by atoms with E-state index in [9.17, 15) is 0 Å². The van der Waals surface area contributed by atoms with Gasteiger partial charge in [0.1, 0.15) is 5.69 Å². The number of nitrogens with one attached hydrogen (secondary N) is 2. The lowest BCUT2D eigenvalue weighted by Gasteiger charge is -2.06. The van der Waals surface area contributed by atoms with Gasteiger partial charge in [-0.1, -0.05) is 67.3 Å². The summed E-state index contributed by atoms with van der Waals surface area (Å²) in [5.74, 6) is 0.728. The van der Waals surface area contributed by atoms with Crippen LogP contribution in [-0.4, -0.2) is 30.1 Å². The van der Waals surface area contributed by atoms with E-state index in [1.807, 2.05) is 37.7 Å². The standard InChI is InChI=1S/C32H28N6/c1-3-9-27(24-12-7-8-13-24)29-21(2)35-32(36-29)30-28-17-26(20-34-31(28)38-37-30)25-16-23(18-33-19-25)15-14-22-10-5-4-6-11-22/h3-7,9-13,16-20H,1,8,14-15H2,2H3,(H,35,36)(H,34,37,38)/b27-9-. The van der Waals surface area contributed by atoms with Crippen LogP contribution in [0.2, 0.25) is 0 Å². The number of aromatic nitrogens is 6. The van der Waals surface area contributed by atoms with Crippen LogP contribution in [0.3, 0.4) is 0 Å². The van der Waals surface area contributed by atoms with Crippen LogP contribution in [0.15, 0.2) is 104 Å². The van der Waals surface area contributed by atoms with Crippen LogP contribution in [0.1, 0.15) is 28.9 Å². The summed E-state index contributed by atoms with van der Waals surface area (Å²) >= 11 is 0. The predicted molar refractivity (Wildman–Crippen MR) is 153 cm³/mol. The molecule has 0 aliphatic heterocycles. The van der Waals surface area contributed by atoms with Crippen molar-refractivity contribution in [3.8, 4) is 22.6 Å². The molecule has 0 unspecified atom stereocenters. The Morgan fingerprint density at radius 3 is 2.68 bits per heavy atom. The molecule has 38 heavy (non-hydrogen) atoms. The van der Waals surface area contributed by atoms with E-state index in [4.69, 9.17) is 4.98 Å². The molecule has 5 aromatic rings. The van der Waals surface area contributed by atoms with Crippen molar-refractivity contribution in [2.24, 2.45) is 0 Å². The summed E-state index contributed by atoms with van der Waals surface area (Å²) < 4.78 is 0. The minimum atomic E-state index is 0.649. The second-order valence-electron chi connectivity index (χ2n) is 9.43. The second-order valence-corrected chi connectivity index (χ2v) is 9.43. The van der Waals surface area contributed by atoms with Crippen molar-refractivity contribution in [1.82, 2.24) is 30.1 Å². The van der Waals surface area contributed by atoms with E-state index in [-0.39, 0.29) is 0 Å².